The maximum Gasteiger partial charge on any atom is 0.211 e. The fraction of sp³-hybridized carbons (Fsp3) is 0.375. The molecule has 3 heterocycles. The van der Waals surface area contributed by atoms with Crippen LogP contribution in [-0.2, 0) is 0 Å². The van der Waals surface area contributed by atoms with Crippen LogP contribution in [0.15, 0.2) is 48.7 Å². The van der Waals surface area contributed by atoms with Crippen LogP contribution in [0, 0.1) is 0 Å². The molecule has 0 spiro atoms. The summed E-state index contributed by atoms with van der Waals surface area (Å²) >= 11 is 0. The summed E-state index contributed by atoms with van der Waals surface area (Å²) in [5, 5.41) is 36.0. The Balaban J connectivity index is 1.51. The van der Waals surface area contributed by atoms with Gasteiger partial charge in [0.2, 0.25) is 5.88 Å². The normalized spacial score (nSPS) is 17.9. The molecule has 0 aliphatic carbocycles. The number of piperidine rings is 1. The van der Waals surface area contributed by atoms with Gasteiger partial charge in [0.15, 0.2) is 0 Å². The summed E-state index contributed by atoms with van der Waals surface area (Å²) in [7, 11) is 0. The van der Waals surface area contributed by atoms with Crippen molar-refractivity contribution >= 4 is 5.82 Å². The molecule has 0 amide bonds. The lowest BCUT2D eigenvalue weighted by Crippen LogP contribution is -2.60. The molecular formula is C24H29N5O2. The highest BCUT2D eigenvalue weighted by Gasteiger charge is 2.37. The number of aromatic hydroxyl groups is 2. The van der Waals surface area contributed by atoms with E-state index in [-0.39, 0.29) is 22.7 Å². The number of phenolic OH excluding ortho intramolecular Hbond substituents is 1. The number of benzene rings is 1. The summed E-state index contributed by atoms with van der Waals surface area (Å²) in [5.74, 6) is 0.770. The molecule has 1 saturated heterocycles. The van der Waals surface area contributed by atoms with Crippen molar-refractivity contribution in [2.24, 2.45) is 0 Å². The summed E-state index contributed by atoms with van der Waals surface area (Å²) in [4.78, 5) is 3.78. The lowest BCUT2D eigenvalue weighted by molar-refractivity contribution is 0.170. The maximum atomic E-state index is 10.6. The number of pyridine rings is 1. The first-order chi connectivity index (χ1) is 14.6. The van der Waals surface area contributed by atoms with Crippen molar-refractivity contribution in [2.45, 2.75) is 57.7 Å². The van der Waals surface area contributed by atoms with Gasteiger partial charge in [-0.15, -0.1) is 10.2 Å². The summed E-state index contributed by atoms with van der Waals surface area (Å²) < 4.78 is 0. The Morgan fingerprint density at radius 3 is 2.23 bits per heavy atom. The van der Waals surface area contributed by atoms with Gasteiger partial charge in [0.05, 0.1) is 5.69 Å². The number of nitrogens with one attached hydrogen (secondary N) is 2. The van der Waals surface area contributed by atoms with Gasteiger partial charge >= 0.3 is 0 Å². The fourth-order valence-corrected chi connectivity index (χ4v) is 4.71. The Hall–Kier alpha value is -3.19. The van der Waals surface area contributed by atoms with Crippen molar-refractivity contribution in [3.05, 3.63) is 48.7 Å². The molecule has 1 aliphatic heterocycles. The second-order valence-corrected chi connectivity index (χ2v) is 9.58. The van der Waals surface area contributed by atoms with E-state index in [4.69, 9.17) is 0 Å². The third-order valence-electron chi connectivity index (χ3n) is 5.56. The van der Waals surface area contributed by atoms with Crippen LogP contribution < -0.4 is 10.6 Å². The molecule has 0 unspecified atom stereocenters. The Kier molecular flexibility index (Phi) is 5.31. The van der Waals surface area contributed by atoms with E-state index in [0.717, 1.165) is 29.8 Å². The lowest BCUT2D eigenvalue weighted by Gasteiger charge is -2.46. The first-order valence-corrected chi connectivity index (χ1v) is 10.5. The minimum atomic E-state index is -0.0597. The average Bonchev–Trinajstić information content (AvgIpc) is 2.66. The molecule has 0 radical (unpaired) electrons. The van der Waals surface area contributed by atoms with E-state index < -0.39 is 0 Å². The second kappa shape index (κ2) is 7.81. The van der Waals surface area contributed by atoms with Gasteiger partial charge in [-0.3, -0.25) is 0 Å². The molecule has 4 rings (SSSR count). The van der Waals surface area contributed by atoms with E-state index in [1.807, 2.05) is 18.2 Å². The predicted molar refractivity (Wildman–Crippen MR) is 122 cm³/mol. The molecule has 7 nitrogen and oxygen atoms in total. The van der Waals surface area contributed by atoms with Crippen LogP contribution >= 0.6 is 0 Å². The minimum Gasteiger partial charge on any atom is -0.507 e. The first kappa shape index (κ1) is 21.1. The minimum absolute atomic E-state index is 0.0475. The molecule has 3 aromatic rings. The van der Waals surface area contributed by atoms with Gasteiger partial charge in [-0.2, -0.15) is 0 Å². The quantitative estimate of drug-likeness (QED) is 0.499. The van der Waals surface area contributed by atoms with Crippen molar-refractivity contribution in [3.63, 3.8) is 0 Å². The summed E-state index contributed by atoms with van der Waals surface area (Å²) in [6, 6.07) is 12.7. The van der Waals surface area contributed by atoms with Crippen LogP contribution in [0.5, 0.6) is 11.6 Å². The standard InChI is InChI=1S/C24H29N5O2/c1-23(2)13-17(14-24(3,4)29-23)26-21-8-7-19(27-28-21)18-6-5-15(11-20(18)30)16-9-10-25-22(31)12-16/h5-12,17,29-30H,13-14H2,1-4H3,(H,25,31)(H,26,28). The van der Waals surface area contributed by atoms with E-state index in [1.54, 1.807) is 24.3 Å². The molecule has 1 fully saturated rings. The zero-order valence-electron chi connectivity index (χ0n) is 18.3. The molecule has 7 heteroatoms. The zero-order chi connectivity index (χ0) is 22.2. The maximum absolute atomic E-state index is 10.6. The summed E-state index contributed by atoms with van der Waals surface area (Å²) in [6.45, 7) is 8.88. The van der Waals surface area contributed by atoms with Crippen molar-refractivity contribution in [1.82, 2.24) is 20.5 Å². The Morgan fingerprint density at radius 2 is 1.61 bits per heavy atom. The van der Waals surface area contributed by atoms with Crippen LogP contribution in [0.25, 0.3) is 22.4 Å². The average molecular weight is 420 g/mol. The molecular weight excluding hydrogens is 390 g/mol. The van der Waals surface area contributed by atoms with Gasteiger partial charge in [0.1, 0.15) is 11.6 Å². The van der Waals surface area contributed by atoms with Crippen molar-refractivity contribution in [2.75, 3.05) is 5.32 Å². The van der Waals surface area contributed by atoms with Crippen LogP contribution in [0.4, 0.5) is 5.82 Å². The third kappa shape index (κ3) is 4.94. The number of anilines is 1. The largest absolute Gasteiger partial charge is 0.507 e. The highest BCUT2D eigenvalue weighted by Crippen LogP contribution is 2.34. The molecule has 31 heavy (non-hydrogen) atoms. The molecule has 0 bridgehead atoms. The van der Waals surface area contributed by atoms with E-state index >= 15 is 0 Å². The summed E-state index contributed by atoms with van der Waals surface area (Å²) in [6.07, 6.45) is 3.51. The third-order valence-corrected chi connectivity index (χ3v) is 5.56. The van der Waals surface area contributed by atoms with Crippen molar-refractivity contribution < 1.29 is 10.2 Å². The molecule has 4 N–H and O–H groups in total. The Bertz CT molecular complexity index is 1060. The molecule has 1 aromatic carbocycles. The van der Waals surface area contributed by atoms with Gasteiger partial charge in [0.25, 0.3) is 0 Å². The Labute approximate surface area is 182 Å². The molecule has 0 atom stereocenters. The van der Waals surface area contributed by atoms with E-state index in [9.17, 15) is 10.2 Å². The van der Waals surface area contributed by atoms with Gasteiger partial charge in [-0.05, 0) is 82.0 Å². The second-order valence-electron chi connectivity index (χ2n) is 9.58. The highest BCUT2D eigenvalue weighted by molar-refractivity contribution is 5.74. The van der Waals surface area contributed by atoms with Crippen LogP contribution in [0.3, 0.4) is 0 Å². The van der Waals surface area contributed by atoms with Gasteiger partial charge in [0, 0.05) is 34.9 Å². The van der Waals surface area contributed by atoms with Crippen LogP contribution in [0.2, 0.25) is 0 Å². The van der Waals surface area contributed by atoms with E-state index in [1.165, 1.54) is 6.20 Å². The van der Waals surface area contributed by atoms with Crippen LogP contribution in [0.1, 0.15) is 40.5 Å². The lowest BCUT2D eigenvalue weighted by atomic mass is 9.79. The van der Waals surface area contributed by atoms with E-state index in [2.05, 4.69) is 53.5 Å². The van der Waals surface area contributed by atoms with Gasteiger partial charge < -0.3 is 20.8 Å². The smallest absolute Gasteiger partial charge is 0.211 e. The Morgan fingerprint density at radius 1 is 0.903 bits per heavy atom. The van der Waals surface area contributed by atoms with Crippen LogP contribution in [-0.4, -0.2) is 42.5 Å². The van der Waals surface area contributed by atoms with Gasteiger partial charge in [-0.1, -0.05) is 6.07 Å². The van der Waals surface area contributed by atoms with Gasteiger partial charge in [-0.25, -0.2) is 4.98 Å². The number of hydrogen-bond donors (Lipinski definition) is 4. The first-order valence-electron chi connectivity index (χ1n) is 10.5. The molecule has 0 saturated carbocycles. The number of aromatic nitrogens is 3. The van der Waals surface area contributed by atoms with E-state index in [0.29, 0.717) is 17.3 Å². The molecule has 1 aliphatic rings. The van der Waals surface area contributed by atoms with Crippen molar-refractivity contribution in [1.29, 1.82) is 0 Å². The fourth-order valence-electron chi connectivity index (χ4n) is 4.71. The SMILES string of the molecule is CC1(C)CC(Nc2ccc(-c3ccc(-c4ccnc(O)c4)cc3O)nn2)CC(C)(C)N1. The molecule has 2 aromatic heterocycles. The number of phenols is 1. The number of nitrogens with zero attached hydrogens (tertiary/aromatic N) is 3. The predicted octanol–water partition coefficient (Wildman–Crippen LogP) is 4.34. The monoisotopic (exact) mass is 419 g/mol. The highest BCUT2D eigenvalue weighted by atomic mass is 16.3. The number of hydrogen-bond acceptors (Lipinski definition) is 7. The van der Waals surface area contributed by atoms with Crippen molar-refractivity contribution in [3.8, 4) is 34.0 Å². The number of rotatable bonds is 4. The topological polar surface area (TPSA) is 103 Å². The molecule has 162 valence electrons. The summed E-state index contributed by atoms with van der Waals surface area (Å²) in [5.41, 5.74) is 2.84. The zero-order valence-corrected chi connectivity index (χ0v) is 18.3.